The highest BCUT2D eigenvalue weighted by Crippen LogP contribution is 2.53. The van der Waals surface area contributed by atoms with Crippen molar-refractivity contribution < 1.29 is 14.3 Å². The van der Waals surface area contributed by atoms with Crippen LogP contribution in [0.5, 0.6) is 0 Å². The van der Waals surface area contributed by atoms with Crippen LogP contribution < -0.4 is 0 Å². The molecule has 3 aromatic heterocycles. The van der Waals surface area contributed by atoms with Crippen LogP contribution in [0, 0.1) is 0 Å². The summed E-state index contributed by atoms with van der Waals surface area (Å²) in [5, 5.41) is 8.37. The minimum atomic E-state index is -0.332. The van der Waals surface area contributed by atoms with Crippen LogP contribution in [0.15, 0.2) is 215 Å². The number of hydrogen-bond acceptors (Lipinski definition) is 3. The molecule has 13 rings (SSSR count). The first-order valence-electron chi connectivity index (χ1n) is 22.4. The Kier molecular flexibility index (Phi) is 6.67. The average Bonchev–Trinajstić information content (AvgIpc) is 4.07. The fourth-order valence-corrected chi connectivity index (χ4v) is 11.0. The van der Waals surface area contributed by atoms with Crippen molar-refractivity contribution in [3.63, 3.8) is 0 Å². The molecule has 0 amide bonds. The molecule has 0 fully saturated rings. The van der Waals surface area contributed by atoms with Crippen molar-refractivity contribution in [2.75, 3.05) is 0 Å². The molecule has 284 valence electrons. The molecule has 0 aliphatic heterocycles. The normalized spacial score (nSPS) is 12.9. The van der Waals surface area contributed by atoms with Gasteiger partial charge in [0.2, 0.25) is 0 Å². The molecule has 0 aliphatic carbocycles. The maximum atomic E-state index is 9.52. The fraction of sp³-hybridized carbons (Fsp3) is 0. The Morgan fingerprint density at radius 1 is 0.361 bits per heavy atom. The molecule has 13 aromatic rings. The van der Waals surface area contributed by atoms with Crippen LogP contribution in [0.4, 0.5) is 0 Å². The van der Waals surface area contributed by atoms with Gasteiger partial charge in [-0.05, 0) is 85.2 Å². The van der Waals surface area contributed by atoms with E-state index in [9.17, 15) is 2.74 Å². The highest BCUT2D eigenvalue weighted by molar-refractivity contribution is 7.23. The predicted molar refractivity (Wildman–Crippen MR) is 259 cm³/mol. The van der Waals surface area contributed by atoms with Crippen molar-refractivity contribution in [3.05, 3.63) is 206 Å². The van der Waals surface area contributed by atoms with Crippen molar-refractivity contribution in [1.82, 2.24) is 0 Å². The predicted octanol–water partition coefficient (Wildman–Crippen LogP) is 17.3. The summed E-state index contributed by atoms with van der Waals surface area (Å²) in [7, 11) is 0. The Hall–Kier alpha value is -7.72. The zero-order valence-corrected chi connectivity index (χ0v) is 33.4. The standard InChI is InChI=1S/C58H34O2S/c1-3-16-35(17-4-1)38-26-15-27-48-55(57(61-58(38)48)37-30-31-40-39-20-11-13-28-49(39)59-51(40)34-37)46-32-33-47(56-54(46)45-25-12-14-29-50(45)60-56)53-43-23-9-7-21-41(43)52(36-18-5-2-6-19-36)42-22-8-10-24-44(42)53/h1-34H/i12D,14D,25D,29D. The molecular formula is C58H34O2S. The van der Waals surface area contributed by atoms with Gasteiger partial charge in [0.05, 0.1) is 5.48 Å². The van der Waals surface area contributed by atoms with Crippen LogP contribution in [0.3, 0.4) is 0 Å². The zero-order valence-electron chi connectivity index (χ0n) is 36.5. The molecule has 61 heavy (non-hydrogen) atoms. The molecule has 0 unspecified atom stereocenters. The van der Waals surface area contributed by atoms with Crippen LogP contribution in [0.25, 0.3) is 130 Å². The number of rotatable bonds is 5. The molecule has 0 N–H and O–H groups in total. The largest absolute Gasteiger partial charge is 0.456 e. The quantitative estimate of drug-likeness (QED) is 0.162. The lowest BCUT2D eigenvalue weighted by Crippen LogP contribution is -1.92. The van der Waals surface area contributed by atoms with Gasteiger partial charge < -0.3 is 8.83 Å². The Balaban J connectivity index is 1.18. The minimum absolute atomic E-state index is 0.129. The Morgan fingerprint density at radius 2 is 0.967 bits per heavy atom. The van der Waals surface area contributed by atoms with Crippen molar-refractivity contribution in [2.24, 2.45) is 0 Å². The van der Waals surface area contributed by atoms with Gasteiger partial charge in [-0.2, -0.15) is 0 Å². The molecule has 0 aliphatic rings. The van der Waals surface area contributed by atoms with Crippen molar-refractivity contribution in [3.8, 4) is 54.9 Å². The number of hydrogen-bond donors (Lipinski definition) is 0. The third kappa shape index (κ3) is 5.14. The van der Waals surface area contributed by atoms with Gasteiger partial charge in [-0.15, -0.1) is 11.3 Å². The van der Waals surface area contributed by atoms with Crippen molar-refractivity contribution in [1.29, 1.82) is 0 Å². The molecule has 0 spiro atoms. The molecule has 0 saturated carbocycles. The topological polar surface area (TPSA) is 26.3 Å². The van der Waals surface area contributed by atoms with E-state index in [0.29, 0.717) is 16.4 Å². The van der Waals surface area contributed by atoms with Crippen LogP contribution in [0.2, 0.25) is 0 Å². The second-order valence-corrected chi connectivity index (χ2v) is 16.6. The monoisotopic (exact) mass is 798 g/mol. The van der Waals surface area contributed by atoms with Crippen LogP contribution >= 0.6 is 11.3 Å². The van der Waals surface area contributed by atoms with Crippen LogP contribution in [0.1, 0.15) is 5.48 Å². The summed E-state index contributed by atoms with van der Waals surface area (Å²) in [6.45, 7) is 0. The third-order valence-electron chi connectivity index (χ3n) is 12.2. The number of para-hydroxylation sites is 2. The SMILES string of the molecule is [2H]c1c([2H])c([2H])c2c(oc3c(-c4c5ccccc5c(-c5ccccc5)c5ccccc45)ccc(-c4c(-c5ccc6c(c5)oc5ccccc56)sc5c(-c6ccccc6)cccc45)c32)c1[2H]. The van der Waals surface area contributed by atoms with E-state index in [1.54, 1.807) is 11.3 Å². The second-order valence-electron chi connectivity index (χ2n) is 15.5. The highest BCUT2D eigenvalue weighted by atomic mass is 32.1. The van der Waals surface area contributed by atoms with Gasteiger partial charge in [-0.25, -0.2) is 0 Å². The number of thiophene rings is 1. The highest BCUT2D eigenvalue weighted by Gasteiger charge is 2.26. The molecular weight excluding hydrogens is 761 g/mol. The molecule has 0 radical (unpaired) electrons. The maximum absolute atomic E-state index is 9.52. The third-order valence-corrected chi connectivity index (χ3v) is 13.5. The molecule has 0 atom stereocenters. The lowest BCUT2D eigenvalue weighted by atomic mass is 9.84. The van der Waals surface area contributed by atoms with Gasteiger partial charge in [-0.1, -0.05) is 176 Å². The fourth-order valence-electron chi connectivity index (χ4n) is 9.63. The van der Waals surface area contributed by atoms with Gasteiger partial charge in [0.1, 0.15) is 22.3 Å². The van der Waals surface area contributed by atoms with Crippen LogP contribution in [-0.2, 0) is 0 Å². The smallest absolute Gasteiger partial charge is 0.143 e. The average molecular weight is 799 g/mol. The van der Waals surface area contributed by atoms with Crippen LogP contribution in [-0.4, -0.2) is 0 Å². The molecule has 2 nitrogen and oxygen atoms in total. The first-order valence-corrected chi connectivity index (χ1v) is 21.2. The first-order chi connectivity index (χ1) is 31.9. The Bertz CT molecular complexity index is 4050. The van der Waals surface area contributed by atoms with E-state index in [1.165, 1.54) is 0 Å². The lowest BCUT2D eigenvalue weighted by molar-refractivity contribution is 0.669. The summed E-state index contributed by atoms with van der Waals surface area (Å²) in [5.41, 5.74) is 11.2. The van der Waals surface area contributed by atoms with E-state index in [1.807, 2.05) is 30.3 Å². The Morgan fingerprint density at radius 3 is 1.72 bits per heavy atom. The van der Waals surface area contributed by atoms with E-state index >= 15 is 0 Å². The first kappa shape index (κ1) is 30.3. The van der Waals surface area contributed by atoms with Gasteiger partial charge in [0.15, 0.2) is 0 Å². The van der Waals surface area contributed by atoms with Gasteiger partial charge in [-0.3, -0.25) is 0 Å². The molecule has 10 aromatic carbocycles. The van der Waals surface area contributed by atoms with Crippen molar-refractivity contribution in [2.45, 2.75) is 0 Å². The molecule has 3 heteroatoms. The van der Waals surface area contributed by atoms with Gasteiger partial charge in [0.25, 0.3) is 0 Å². The summed E-state index contributed by atoms with van der Waals surface area (Å²) in [4.78, 5) is 1.01. The summed E-state index contributed by atoms with van der Waals surface area (Å²) in [6.07, 6.45) is 0. The van der Waals surface area contributed by atoms with Gasteiger partial charge in [0, 0.05) is 53.2 Å². The maximum Gasteiger partial charge on any atom is 0.143 e. The second kappa shape index (κ2) is 13.4. The molecule has 3 heterocycles. The Labute approximate surface area is 360 Å². The molecule has 0 saturated heterocycles. The summed E-state index contributed by atoms with van der Waals surface area (Å²) in [5.74, 6) is 0. The van der Waals surface area contributed by atoms with E-state index in [-0.39, 0.29) is 29.8 Å². The minimum Gasteiger partial charge on any atom is -0.456 e. The summed E-state index contributed by atoms with van der Waals surface area (Å²) >= 11 is 1.72. The van der Waals surface area contributed by atoms with E-state index in [0.717, 1.165) is 109 Å². The molecule has 0 bridgehead atoms. The number of furan rings is 2. The number of fused-ring (bicyclic) bond motifs is 9. The van der Waals surface area contributed by atoms with E-state index < -0.39 is 0 Å². The lowest BCUT2D eigenvalue weighted by Gasteiger charge is -2.18. The van der Waals surface area contributed by atoms with E-state index in [2.05, 4.69) is 152 Å². The summed E-state index contributed by atoms with van der Waals surface area (Å²) < 4.78 is 51.0. The summed E-state index contributed by atoms with van der Waals surface area (Å²) in [6, 6.07) is 62.1. The van der Waals surface area contributed by atoms with E-state index in [4.69, 9.17) is 11.6 Å². The number of benzene rings is 10. The zero-order chi connectivity index (χ0) is 43.5. The van der Waals surface area contributed by atoms with Gasteiger partial charge >= 0.3 is 0 Å². The van der Waals surface area contributed by atoms with Crippen molar-refractivity contribution >= 4 is 86.8 Å².